The first-order valence-electron chi connectivity index (χ1n) is 7.18. The predicted octanol–water partition coefficient (Wildman–Crippen LogP) is 3.05. The highest BCUT2D eigenvalue weighted by Crippen LogP contribution is 2.29. The maximum atomic E-state index is 4.74. The number of nitrogens with one attached hydrogen (secondary N) is 1. The van der Waals surface area contributed by atoms with Crippen molar-refractivity contribution < 1.29 is 0 Å². The standard InChI is InChI=1S/C15H26N4/c1-15(2,3)14-17-12(16-4)9-13(18-14)19(5)10-11-7-6-8-11/h9,11H,6-8,10H2,1-5H3,(H,16,17,18). The monoisotopic (exact) mass is 262 g/mol. The van der Waals surface area contributed by atoms with Crippen molar-refractivity contribution >= 4 is 11.6 Å². The fourth-order valence-corrected chi connectivity index (χ4v) is 2.25. The van der Waals surface area contributed by atoms with E-state index in [1.807, 2.05) is 13.1 Å². The van der Waals surface area contributed by atoms with Gasteiger partial charge in [-0.05, 0) is 18.8 Å². The molecule has 0 aromatic carbocycles. The molecule has 0 spiro atoms. The Bertz CT molecular complexity index is 432. The zero-order chi connectivity index (χ0) is 14.0. The Labute approximate surface area is 116 Å². The number of hydrogen-bond donors (Lipinski definition) is 1. The van der Waals surface area contributed by atoms with Gasteiger partial charge in [-0.1, -0.05) is 27.2 Å². The van der Waals surface area contributed by atoms with Gasteiger partial charge in [-0.25, -0.2) is 9.97 Å². The summed E-state index contributed by atoms with van der Waals surface area (Å²) in [4.78, 5) is 11.6. The molecular weight excluding hydrogens is 236 g/mol. The SMILES string of the molecule is CNc1cc(N(C)CC2CCC2)nc(C(C)(C)C)n1. The summed E-state index contributed by atoms with van der Waals surface area (Å²) in [6.45, 7) is 7.55. The van der Waals surface area contributed by atoms with E-state index in [0.29, 0.717) is 0 Å². The minimum atomic E-state index is -0.0288. The molecule has 0 radical (unpaired) electrons. The molecule has 4 heteroatoms. The fraction of sp³-hybridized carbons (Fsp3) is 0.733. The van der Waals surface area contributed by atoms with Gasteiger partial charge in [-0.2, -0.15) is 0 Å². The third kappa shape index (κ3) is 3.37. The second-order valence-corrected chi connectivity index (χ2v) is 6.61. The van der Waals surface area contributed by atoms with Crippen LogP contribution in [-0.4, -0.2) is 30.6 Å². The van der Waals surface area contributed by atoms with Gasteiger partial charge in [0.25, 0.3) is 0 Å². The van der Waals surface area contributed by atoms with E-state index in [1.165, 1.54) is 19.3 Å². The van der Waals surface area contributed by atoms with E-state index < -0.39 is 0 Å². The second-order valence-electron chi connectivity index (χ2n) is 6.61. The Morgan fingerprint density at radius 3 is 2.47 bits per heavy atom. The van der Waals surface area contributed by atoms with Crippen molar-refractivity contribution in [2.24, 2.45) is 5.92 Å². The van der Waals surface area contributed by atoms with E-state index in [1.54, 1.807) is 0 Å². The van der Waals surface area contributed by atoms with Crippen LogP contribution in [0, 0.1) is 5.92 Å². The molecule has 1 aromatic heterocycles. The maximum absolute atomic E-state index is 4.74. The molecule has 0 aliphatic heterocycles. The quantitative estimate of drug-likeness (QED) is 0.905. The minimum Gasteiger partial charge on any atom is -0.373 e. The minimum absolute atomic E-state index is 0.0288. The van der Waals surface area contributed by atoms with Crippen molar-refractivity contribution in [3.8, 4) is 0 Å². The third-order valence-corrected chi connectivity index (χ3v) is 3.79. The Balaban J connectivity index is 2.22. The van der Waals surface area contributed by atoms with Gasteiger partial charge in [-0.3, -0.25) is 0 Å². The van der Waals surface area contributed by atoms with Crippen LogP contribution in [0.4, 0.5) is 11.6 Å². The maximum Gasteiger partial charge on any atom is 0.138 e. The van der Waals surface area contributed by atoms with Crippen LogP contribution in [-0.2, 0) is 5.41 Å². The van der Waals surface area contributed by atoms with Crippen LogP contribution in [0.3, 0.4) is 0 Å². The second kappa shape index (κ2) is 5.35. The predicted molar refractivity (Wildman–Crippen MR) is 80.9 cm³/mol. The van der Waals surface area contributed by atoms with E-state index in [-0.39, 0.29) is 5.41 Å². The molecule has 19 heavy (non-hydrogen) atoms. The Morgan fingerprint density at radius 1 is 1.32 bits per heavy atom. The molecule has 0 bridgehead atoms. The van der Waals surface area contributed by atoms with E-state index in [2.05, 4.69) is 43.0 Å². The smallest absolute Gasteiger partial charge is 0.138 e. The molecule has 106 valence electrons. The average molecular weight is 262 g/mol. The number of anilines is 2. The molecule has 1 N–H and O–H groups in total. The van der Waals surface area contributed by atoms with Crippen LogP contribution >= 0.6 is 0 Å². The molecule has 0 saturated heterocycles. The van der Waals surface area contributed by atoms with Gasteiger partial charge < -0.3 is 10.2 Å². The molecule has 2 rings (SSSR count). The van der Waals surface area contributed by atoms with Gasteiger partial charge in [-0.15, -0.1) is 0 Å². The Hall–Kier alpha value is -1.32. The lowest BCUT2D eigenvalue weighted by atomic mass is 9.85. The lowest BCUT2D eigenvalue weighted by Gasteiger charge is -2.31. The molecule has 1 heterocycles. The first kappa shape index (κ1) is 14.1. The van der Waals surface area contributed by atoms with Crippen LogP contribution in [0.1, 0.15) is 45.9 Å². The van der Waals surface area contributed by atoms with Crippen LogP contribution in [0.15, 0.2) is 6.07 Å². The lowest BCUT2D eigenvalue weighted by Crippen LogP contribution is -2.30. The largest absolute Gasteiger partial charge is 0.373 e. The summed E-state index contributed by atoms with van der Waals surface area (Å²) in [6, 6.07) is 2.04. The summed E-state index contributed by atoms with van der Waals surface area (Å²) in [5, 5.41) is 3.14. The summed E-state index contributed by atoms with van der Waals surface area (Å²) < 4.78 is 0. The van der Waals surface area contributed by atoms with Gasteiger partial charge in [0.1, 0.15) is 17.5 Å². The molecule has 0 unspecified atom stereocenters. The van der Waals surface area contributed by atoms with E-state index in [0.717, 1.165) is 29.9 Å². The van der Waals surface area contributed by atoms with Crippen molar-refractivity contribution in [3.63, 3.8) is 0 Å². The van der Waals surface area contributed by atoms with Crippen LogP contribution in [0.2, 0.25) is 0 Å². The normalized spacial score (nSPS) is 16.1. The zero-order valence-electron chi connectivity index (χ0n) is 12.8. The summed E-state index contributed by atoms with van der Waals surface area (Å²) in [7, 11) is 4.04. The van der Waals surface area contributed by atoms with Crippen LogP contribution in [0.25, 0.3) is 0 Å². The van der Waals surface area contributed by atoms with E-state index >= 15 is 0 Å². The lowest BCUT2D eigenvalue weighted by molar-refractivity contribution is 0.321. The number of hydrogen-bond acceptors (Lipinski definition) is 4. The van der Waals surface area contributed by atoms with Gasteiger partial charge in [0.2, 0.25) is 0 Å². The Kier molecular flexibility index (Phi) is 3.97. The van der Waals surface area contributed by atoms with Crippen LogP contribution < -0.4 is 10.2 Å². The Morgan fingerprint density at radius 2 is 2.00 bits per heavy atom. The fourth-order valence-electron chi connectivity index (χ4n) is 2.25. The number of rotatable bonds is 4. The third-order valence-electron chi connectivity index (χ3n) is 3.79. The summed E-state index contributed by atoms with van der Waals surface area (Å²) in [5.74, 6) is 3.66. The highest BCUT2D eigenvalue weighted by Gasteiger charge is 2.22. The van der Waals surface area contributed by atoms with Gasteiger partial charge in [0.15, 0.2) is 0 Å². The van der Waals surface area contributed by atoms with Crippen molar-refractivity contribution in [1.29, 1.82) is 0 Å². The number of nitrogens with zero attached hydrogens (tertiary/aromatic N) is 3. The topological polar surface area (TPSA) is 41.0 Å². The van der Waals surface area contributed by atoms with Crippen LogP contribution in [0.5, 0.6) is 0 Å². The van der Waals surface area contributed by atoms with Crippen molar-refractivity contribution in [3.05, 3.63) is 11.9 Å². The van der Waals surface area contributed by atoms with Gasteiger partial charge >= 0.3 is 0 Å². The summed E-state index contributed by atoms with van der Waals surface area (Å²) in [6.07, 6.45) is 4.11. The molecule has 4 nitrogen and oxygen atoms in total. The van der Waals surface area contributed by atoms with Crippen molar-refractivity contribution in [2.75, 3.05) is 30.9 Å². The van der Waals surface area contributed by atoms with Crippen molar-refractivity contribution in [2.45, 2.75) is 45.4 Å². The van der Waals surface area contributed by atoms with Gasteiger partial charge in [0.05, 0.1) is 0 Å². The molecule has 0 amide bonds. The molecular formula is C15H26N4. The van der Waals surface area contributed by atoms with E-state index in [9.17, 15) is 0 Å². The molecule has 1 aliphatic rings. The molecule has 1 saturated carbocycles. The molecule has 1 fully saturated rings. The first-order chi connectivity index (χ1) is 8.90. The zero-order valence-corrected chi connectivity index (χ0v) is 12.8. The van der Waals surface area contributed by atoms with Gasteiger partial charge in [0, 0.05) is 32.1 Å². The van der Waals surface area contributed by atoms with Crippen molar-refractivity contribution in [1.82, 2.24) is 9.97 Å². The summed E-state index contributed by atoms with van der Waals surface area (Å²) in [5.41, 5.74) is -0.0288. The average Bonchev–Trinajstić information content (AvgIpc) is 2.31. The molecule has 0 atom stereocenters. The molecule has 1 aromatic rings. The highest BCUT2D eigenvalue weighted by atomic mass is 15.2. The molecule has 1 aliphatic carbocycles. The van der Waals surface area contributed by atoms with E-state index in [4.69, 9.17) is 4.98 Å². The number of aromatic nitrogens is 2. The highest BCUT2D eigenvalue weighted by molar-refractivity contribution is 5.49. The summed E-state index contributed by atoms with van der Waals surface area (Å²) >= 11 is 0. The first-order valence-corrected chi connectivity index (χ1v) is 7.18.